The molecule has 0 fully saturated rings. The van der Waals surface area contributed by atoms with Crippen LogP contribution >= 0.6 is 0 Å². The lowest BCUT2D eigenvalue weighted by Gasteiger charge is -2.07. The molecule has 0 aliphatic carbocycles. The molecule has 0 amide bonds. The van der Waals surface area contributed by atoms with E-state index >= 15 is 0 Å². The smallest absolute Gasteiger partial charge is 0.358 e. The third-order valence-corrected chi connectivity index (χ3v) is 2.27. The van der Waals surface area contributed by atoms with Gasteiger partial charge in [0.15, 0.2) is 5.69 Å². The minimum absolute atomic E-state index is 0.0474. The number of rotatable bonds is 9. The van der Waals surface area contributed by atoms with E-state index in [1.54, 1.807) is 7.11 Å². The molecule has 8 nitrogen and oxygen atoms in total. The second kappa shape index (κ2) is 7.75. The fourth-order valence-electron chi connectivity index (χ4n) is 1.44. The molecule has 102 valence electrons. The van der Waals surface area contributed by atoms with Gasteiger partial charge in [0.1, 0.15) is 0 Å². The molecule has 1 aromatic rings. The Kier molecular flexibility index (Phi) is 6.26. The van der Waals surface area contributed by atoms with Crippen molar-refractivity contribution in [1.82, 2.24) is 15.0 Å². The van der Waals surface area contributed by atoms with E-state index in [9.17, 15) is 4.79 Å². The number of carboxylic acids is 1. The molecule has 2 N–H and O–H groups in total. The van der Waals surface area contributed by atoms with Gasteiger partial charge in [0.25, 0.3) is 0 Å². The summed E-state index contributed by atoms with van der Waals surface area (Å²) in [7, 11) is 1.54. The minimum Gasteiger partial charge on any atom is -0.476 e. The number of carbonyl (C=O) groups is 1. The summed E-state index contributed by atoms with van der Waals surface area (Å²) in [5.41, 5.74) is 0.450. The van der Waals surface area contributed by atoms with Gasteiger partial charge in [0.05, 0.1) is 38.7 Å². The molecule has 18 heavy (non-hydrogen) atoms. The molecule has 0 atom stereocenters. The molecule has 0 spiro atoms. The molecule has 0 bridgehead atoms. The van der Waals surface area contributed by atoms with Crippen molar-refractivity contribution >= 4 is 5.97 Å². The van der Waals surface area contributed by atoms with Crippen molar-refractivity contribution < 1.29 is 24.5 Å². The first kappa shape index (κ1) is 14.6. The van der Waals surface area contributed by atoms with Gasteiger partial charge in [-0.15, -0.1) is 5.10 Å². The number of nitrogens with zero attached hydrogens (tertiary/aromatic N) is 3. The van der Waals surface area contributed by atoms with Gasteiger partial charge >= 0.3 is 5.97 Å². The number of aromatic nitrogens is 3. The lowest BCUT2D eigenvalue weighted by atomic mass is 10.2. The summed E-state index contributed by atoms with van der Waals surface area (Å²) in [4.78, 5) is 11.0. The first-order chi connectivity index (χ1) is 8.70. The SMILES string of the molecule is COCCc1c(C(=O)O)nnn1CCOCCO. The van der Waals surface area contributed by atoms with Crippen LogP contribution in [0, 0.1) is 0 Å². The molecule has 1 rings (SSSR count). The maximum Gasteiger partial charge on any atom is 0.358 e. The van der Waals surface area contributed by atoms with Gasteiger partial charge in [-0.2, -0.15) is 0 Å². The van der Waals surface area contributed by atoms with E-state index in [0.717, 1.165) is 0 Å². The lowest BCUT2D eigenvalue weighted by molar-refractivity contribution is 0.0688. The zero-order valence-electron chi connectivity index (χ0n) is 10.2. The number of hydrogen-bond donors (Lipinski definition) is 2. The van der Waals surface area contributed by atoms with Crippen molar-refractivity contribution in [3.8, 4) is 0 Å². The van der Waals surface area contributed by atoms with Gasteiger partial charge in [-0.3, -0.25) is 0 Å². The topological polar surface area (TPSA) is 107 Å². The Labute approximate surface area is 104 Å². The van der Waals surface area contributed by atoms with Crippen LogP contribution in [0.25, 0.3) is 0 Å². The number of aliphatic hydroxyl groups is 1. The fourth-order valence-corrected chi connectivity index (χ4v) is 1.44. The van der Waals surface area contributed by atoms with Crippen molar-refractivity contribution in [3.63, 3.8) is 0 Å². The molecule has 0 radical (unpaired) electrons. The quantitative estimate of drug-likeness (QED) is 0.557. The number of hydrogen-bond acceptors (Lipinski definition) is 6. The second-order valence-corrected chi connectivity index (χ2v) is 3.49. The molecule has 0 saturated carbocycles. The zero-order valence-corrected chi connectivity index (χ0v) is 10.2. The van der Waals surface area contributed by atoms with Crippen LogP contribution in [-0.4, -0.2) is 64.7 Å². The van der Waals surface area contributed by atoms with Crippen molar-refractivity contribution in [3.05, 3.63) is 11.4 Å². The maximum atomic E-state index is 11.0. The highest BCUT2D eigenvalue weighted by Gasteiger charge is 2.18. The fraction of sp³-hybridized carbons (Fsp3) is 0.700. The van der Waals surface area contributed by atoms with Gasteiger partial charge in [-0.1, -0.05) is 5.21 Å². The second-order valence-electron chi connectivity index (χ2n) is 3.49. The third kappa shape index (κ3) is 4.06. The molecule has 0 aromatic carbocycles. The van der Waals surface area contributed by atoms with Crippen molar-refractivity contribution in [1.29, 1.82) is 0 Å². The van der Waals surface area contributed by atoms with Crippen LogP contribution in [0.2, 0.25) is 0 Å². The summed E-state index contributed by atoms with van der Waals surface area (Å²) >= 11 is 0. The first-order valence-corrected chi connectivity index (χ1v) is 5.54. The summed E-state index contributed by atoms with van der Waals surface area (Å²) in [5.74, 6) is -1.11. The van der Waals surface area contributed by atoms with Crippen molar-refractivity contribution in [2.45, 2.75) is 13.0 Å². The van der Waals surface area contributed by atoms with Gasteiger partial charge in [-0.25, -0.2) is 9.48 Å². The summed E-state index contributed by atoms with van der Waals surface area (Å²) < 4.78 is 11.5. The molecular formula is C10H17N3O5. The Morgan fingerprint density at radius 3 is 2.78 bits per heavy atom. The van der Waals surface area contributed by atoms with Gasteiger partial charge < -0.3 is 19.7 Å². The highest BCUT2D eigenvalue weighted by molar-refractivity contribution is 5.86. The summed E-state index contributed by atoms with van der Waals surface area (Å²) in [6.45, 7) is 1.32. The number of carboxylic acid groups (broad SMARTS) is 1. The Hall–Kier alpha value is -1.51. The average molecular weight is 259 g/mol. The van der Waals surface area contributed by atoms with Crippen LogP contribution in [0.4, 0.5) is 0 Å². The molecule has 8 heteroatoms. The van der Waals surface area contributed by atoms with E-state index in [-0.39, 0.29) is 18.9 Å². The standard InChI is InChI=1S/C10H17N3O5/c1-17-5-2-8-9(10(15)16)11-12-13(8)3-6-18-7-4-14/h14H,2-7H2,1H3,(H,15,16). The Balaban J connectivity index is 2.67. The molecule has 1 heterocycles. The van der Waals surface area contributed by atoms with Gasteiger partial charge in [-0.05, 0) is 0 Å². The Morgan fingerprint density at radius 2 is 2.17 bits per heavy atom. The molecule has 1 aromatic heterocycles. The Morgan fingerprint density at radius 1 is 1.39 bits per heavy atom. The molecule has 0 unspecified atom stereocenters. The molecule has 0 saturated heterocycles. The van der Waals surface area contributed by atoms with Crippen LogP contribution in [0.3, 0.4) is 0 Å². The largest absolute Gasteiger partial charge is 0.476 e. The predicted molar refractivity (Wildman–Crippen MR) is 60.5 cm³/mol. The van der Waals surface area contributed by atoms with E-state index in [4.69, 9.17) is 19.7 Å². The van der Waals surface area contributed by atoms with E-state index in [0.29, 0.717) is 31.9 Å². The number of methoxy groups -OCH3 is 1. The normalized spacial score (nSPS) is 10.8. The summed E-state index contributed by atoms with van der Waals surface area (Å²) in [6, 6.07) is 0. The first-order valence-electron chi connectivity index (χ1n) is 5.54. The average Bonchev–Trinajstić information content (AvgIpc) is 2.75. The lowest BCUT2D eigenvalue weighted by Crippen LogP contribution is -2.14. The van der Waals surface area contributed by atoms with E-state index in [2.05, 4.69) is 10.3 Å². The predicted octanol–water partition coefficient (Wildman–Crippen LogP) is -0.826. The van der Waals surface area contributed by atoms with Crippen LogP contribution in [0.1, 0.15) is 16.2 Å². The summed E-state index contributed by atoms with van der Waals surface area (Å²) in [5, 5.41) is 24.9. The minimum atomic E-state index is -1.11. The van der Waals surface area contributed by atoms with Crippen LogP contribution < -0.4 is 0 Å². The number of aliphatic hydroxyl groups excluding tert-OH is 1. The van der Waals surface area contributed by atoms with Crippen LogP contribution in [0.15, 0.2) is 0 Å². The van der Waals surface area contributed by atoms with Crippen LogP contribution in [0.5, 0.6) is 0 Å². The monoisotopic (exact) mass is 259 g/mol. The van der Waals surface area contributed by atoms with Crippen LogP contribution in [-0.2, 0) is 22.4 Å². The van der Waals surface area contributed by atoms with Crippen molar-refractivity contribution in [2.24, 2.45) is 0 Å². The molecule has 0 aliphatic rings. The highest BCUT2D eigenvalue weighted by atomic mass is 16.5. The van der Waals surface area contributed by atoms with Gasteiger partial charge in [0, 0.05) is 13.5 Å². The van der Waals surface area contributed by atoms with E-state index < -0.39 is 5.97 Å². The third-order valence-electron chi connectivity index (χ3n) is 2.27. The number of ether oxygens (including phenoxy) is 2. The summed E-state index contributed by atoms with van der Waals surface area (Å²) in [6.07, 6.45) is 0.422. The van der Waals surface area contributed by atoms with Crippen molar-refractivity contribution in [2.75, 3.05) is 33.5 Å². The van der Waals surface area contributed by atoms with E-state index in [1.165, 1.54) is 4.68 Å². The van der Waals surface area contributed by atoms with E-state index in [1.807, 2.05) is 0 Å². The maximum absolute atomic E-state index is 11.0. The van der Waals surface area contributed by atoms with Gasteiger partial charge in [0.2, 0.25) is 0 Å². The molecule has 0 aliphatic heterocycles. The highest BCUT2D eigenvalue weighted by Crippen LogP contribution is 2.07. The Bertz CT molecular complexity index is 380. The zero-order chi connectivity index (χ0) is 13.4. The number of aromatic carboxylic acids is 1. The molecular weight excluding hydrogens is 242 g/mol.